The lowest BCUT2D eigenvalue weighted by molar-refractivity contribution is -0.120. The maximum absolute atomic E-state index is 13.8. The Hall–Kier alpha value is -3.97. The van der Waals surface area contributed by atoms with Crippen molar-refractivity contribution in [1.29, 1.82) is 0 Å². The van der Waals surface area contributed by atoms with E-state index in [-0.39, 0.29) is 10.7 Å². The number of rotatable bonds is 6. The molecule has 0 atom stereocenters. The third-order valence-corrected chi connectivity index (χ3v) is 7.38. The van der Waals surface area contributed by atoms with E-state index in [4.69, 9.17) is 40.2 Å². The number of hydrogen-bond donors (Lipinski definition) is 0. The van der Waals surface area contributed by atoms with Gasteiger partial charge in [-0.05, 0) is 71.9 Å². The fourth-order valence-corrected chi connectivity index (χ4v) is 5.27. The van der Waals surface area contributed by atoms with Gasteiger partial charge in [-0.15, -0.1) is 0 Å². The number of benzene rings is 4. The molecule has 1 heterocycles. The van der Waals surface area contributed by atoms with Gasteiger partial charge in [0.2, 0.25) is 0 Å². The van der Waals surface area contributed by atoms with E-state index in [1.54, 1.807) is 67.8 Å². The Morgan fingerprint density at radius 1 is 0.769 bits per heavy atom. The summed E-state index contributed by atoms with van der Waals surface area (Å²) in [5.74, 6) is -0.544. The zero-order valence-corrected chi connectivity index (χ0v) is 23.1. The number of amides is 2. The van der Waals surface area contributed by atoms with Crippen molar-refractivity contribution in [3.8, 4) is 5.75 Å². The quantitative estimate of drug-likeness (QED) is 0.138. The molecule has 0 aromatic heterocycles. The topological polar surface area (TPSA) is 49.9 Å². The van der Waals surface area contributed by atoms with E-state index in [9.17, 15) is 9.59 Å². The lowest BCUT2D eigenvalue weighted by Gasteiger charge is -2.36. The summed E-state index contributed by atoms with van der Waals surface area (Å²) in [5, 5.41) is 1.12. The molecule has 8 heteroatoms. The van der Waals surface area contributed by atoms with Crippen molar-refractivity contribution in [2.24, 2.45) is 0 Å². The van der Waals surface area contributed by atoms with E-state index < -0.39 is 11.8 Å². The van der Waals surface area contributed by atoms with Crippen LogP contribution in [-0.2, 0) is 16.0 Å². The molecule has 0 N–H and O–H groups in total. The van der Waals surface area contributed by atoms with Gasteiger partial charge in [-0.1, -0.05) is 77.8 Å². The SMILES string of the molecule is COc1cc(C=C2C(=O)N(c3ccccc3)C(=S)N(c3ccccc3)C2=O)cc(Cl)c1Cc1ccccc1Cl. The van der Waals surface area contributed by atoms with Gasteiger partial charge in [0.1, 0.15) is 11.3 Å². The predicted molar refractivity (Wildman–Crippen MR) is 161 cm³/mol. The van der Waals surface area contributed by atoms with Crippen LogP contribution in [0.15, 0.2) is 103 Å². The minimum Gasteiger partial charge on any atom is -0.496 e. The number of carbonyl (C=O) groups excluding carboxylic acids is 2. The Labute approximate surface area is 241 Å². The predicted octanol–water partition coefficient (Wildman–Crippen LogP) is 7.34. The molecular weight excluding hydrogens is 551 g/mol. The number of methoxy groups -OCH3 is 1. The lowest BCUT2D eigenvalue weighted by atomic mass is 10.00. The van der Waals surface area contributed by atoms with Crippen molar-refractivity contribution in [3.05, 3.63) is 129 Å². The van der Waals surface area contributed by atoms with E-state index in [2.05, 4.69) is 0 Å². The summed E-state index contributed by atoms with van der Waals surface area (Å²) in [6.45, 7) is 0. The Morgan fingerprint density at radius 2 is 1.31 bits per heavy atom. The number of halogens is 2. The molecule has 0 unspecified atom stereocenters. The number of thiocarbonyl (C=S) groups is 1. The summed E-state index contributed by atoms with van der Waals surface area (Å²) in [6, 6.07) is 28.9. The Morgan fingerprint density at radius 3 is 1.85 bits per heavy atom. The highest BCUT2D eigenvalue weighted by molar-refractivity contribution is 7.81. The molecule has 5 nitrogen and oxygen atoms in total. The number of carbonyl (C=O) groups is 2. The van der Waals surface area contributed by atoms with E-state index in [0.29, 0.717) is 39.2 Å². The molecular formula is C31H22Cl2N2O3S. The Balaban J connectivity index is 1.60. The lowest BCUT2D eigenvalue weighted by Crippen LogP contribution is -2.56. The number of nitrogens with zero attached hydrogens (tertiary/aromatic N) is 2. The third kappa shape index (κ3) is 5.32. The van der Waals surface area contributed by atoms with Crippen LogP contribution in [0.3, 0.4) is 0 Å². The fourth-order valence-electron chi connectivity index (χ4n) is 4.41. The minimum absolute atomic E-state index is 0.0618. The molecule has 1 fully saturated rings. The molecule has 1 saturated heterocycles. The molecule has 1 aliphatic heterocycles. The first-order chi connectivity index (χ1) is 18.9. The standard InChI is InChI=1S/C31H22Cl2N2O3S/c1-38-28-18-20(17-27(33)24(28)19-21-10-8-9-15-26(21)32)16-25-29(36)34(22-11-4-2-5-12-22)31(39)35(30(25)37)23-13-6-3-7-14-23/h2-18H,19H2,1H3. The van der Waals surface area contributed by atoms with Crippen molar-refractivity contribution in [2.45, 2.75) is 6.42 Å². The summed E-state index contributed by atoms with van der Waals surface area (Å²) < 4.78 is 5.65. The zero-order chi connectivity index (χ0) is 27.5. The Kier molecular flexibility index (Phi) is 7.79. The van der Waals surface area contributed by atoms with E-state index in [1.165, 1.54) is 15.9 Å². The van der Waals surface area contributed by atoms with Crippen LogP contribution < -0.4 is 14.5 Å². The summed E-state index contributed by atoms with van der Waals surface area (Å²) in [7, 11) is 1.54. The van der Waals surface area contributed by atoms with E-state index in [0.717, 1.165) is 11.1 Å². The maximum atomic E-state index is 13.8. The van der Waals surface area contributed by atoms with Crippen LogP contribution in [0.1, 0.15) is 16.7 Å². The van der Waals surface area contributed by atoms with Crippen molar-refractivity contribution in [1.82, 2.24) is 0 Å². The molecule has 4 aromatic rings. The van der Waals surface area contributed by atoms with Gasteiger partial charge < -0.3 is 4.74 Å². The van der Waals surface area contributed by atoms with Gasteiger partial charge in [0, 0.05) is 22.0 Å². The van der Waals surface area contributed by atoms with Crippen molar-refractivity contribution < 1.29 is 14.3 Å². The van der Waals surface area contributed by atoms with E-state index in [1.807, 2.05) is 36.4 Å². The minimum atomic E-state index is -0.529. The second-order valence-corrected chi connectivity index (χ2v) is 9.92. The molecule has 194 valence electrons. The number of hydrogen-bond acceptors (Lipinski definition) is 4. The summed E-state index contributed by atoms with van der Waals surface area (Å²) >= 11 is 18.7. The van der Waals surface area contributed by atoms with Crippen LogP contribution in [0.4, 0.5) is 11.4 Å². The average Bonchev–Trinajstić information content (AvgIpc) is 2.94. The molecule has 1 aliphatic rings. The van der Waals surface area contributed by atoms with Gasteiger partial charge in [0.25, 0.3) is 11.8 Å². The van der Waals surface area contributed by atoms with Crippen LogP contribution in [0, 0.1) is 0 Å². The summed E-state index contributed by atoms with van der Waals surface area (Å²) in [4.78, 5) is 30.2. The van der Waals surface area contributed by atoms with Gasteiger partial charge in [0.05, 0.1) is 18.5 Å². The van der Waals surface area contributed by atoms with Gasteiger partial charge in [-0.2, -0.15) is 0 Å². The van der Waals surface area contributed by atoms with Gasteiger partial charge in [0.15, 0.2) is 5.11 Å². The molecule has 2 amide bonds. The maximum Gasteiger partial charge on any atom is 0.270 e. The van der Waals surface area contributed by atoms with Crippen molar-refractivity contribution in [3.63, 3.8) is 0 Å². The summed E-state index contributed by atoms with van der Waals surface area (Å²) in [6.07, 6.45) is 1.97. The zero-order valence-electron chi connectivity index (χ0n) is 20.8. The Bertz CT molecular complexity index is 1540. The van der Waals surface area contributed by atoms with Gasteiger partial charge >= 0.3 is 0 Å². The van der Waals surface area contributed by atoms with Crippen LogP contribution in [0.5, 0.6) is 5.75 Å². The normalized spacial score (nSPS) is 13.6. The van der Waals surface area contributed by atoms with Crippen LogP contribution in [0.2, 0.25) is 10.0 Å². The largest absolute Gasteiger partial charge is 0.496 e. The van der Waals surface area contributed by atoms with Gasteiger partial charge in [-0.25, -0.2) is 0 Å². The number of ether oxygens (including phenoxy) is 1. The molecule has 39 heavy (non-hydrogen) atoms. The molecule has 4 aromatic carbocycles. The highest BCUT2D eigenvalue weighted by Gasteiger charge is 2.41. The molecule has 5 rings (SSSR count). The smallest absolute Gasteiger partial charge is 0.270 e. The fraction of sp³-hybridized carbons (Fsp3) is 0.0645. The first kappa shape index (κ1) is 26.6. The number of para-hydroxylation sites is 2. The first-order valence-electron chi connectivity index (χ1n) is 12.0. The molecule has 0 bridgehead atoms. The molecule has 0 radical (unpaired) electrons. The second-order valence-electron chi connectivity index (χ2n) is 8.74. The molecule has 0 spiro atoms. The third-order valence-electron chi connectivity index (χ3n) is 6.31. The highest BCUT2D eigenvalue weighted by atomic mass is 35.5. The first-order valence-corrected chi connectivity index (χ1v) is 13.2. The molecule has 0 aliphatic carbocycles. The van der Waals surface area contributed by atoms with E-state index >= 15 is 0 Å². The van der Waals surface area contributed by atoms with Crippen LogP contribution >= 0.6 is 35.4 Å². The van der Waals surface area contributed by atoms with Crippen molar-refractivity contribution >= 4 is 69.8 Å². The van der Waals surface area contributed by atoms with Crippen LogP contribution in [0.25, 0.3) is 6.08 Å². The number of anilines is 2. The van der Waals surface area contributed by atoms with Gasteiger partial charge in [-0.3, -0.25) is 19.4 Å². The summed E-state index contributed by atoms with van der Waals surface area (Å²) in [5.41, 5.74) is 3.22. The molecule has 0 saturated carbocycles. The second kappa shape index (κ2) is 11.4. The van der Waals surface area contributed by atoms with Crippen LogP contribution in [-0.4, -0.2) is 24.0 Å². The average molecular weight is 574 g/mol. The van der Waals surface area contributed by atoms with Crippen molar-refractivity contribution in [2.75, 3.05) is 16.9 Å². The monoisotopic (exact) mass is 572 g/mol. The highest BCUT2D eigenvalue weighted by Crippen LogP contribution is 2.35.